The number of aryl methyl sites for hydroxylation is 2. The maximum atomic E-state index is 7.52. The predicted octanol–water partition coefficient (Wildman–Crippen LogP) is 13.6. The molecule has 5 heteroatoms. The fraction of sp³-hybridized carbons (Fsp3) is 0.0426. The van der Waals surface area contributed by atoms with Gasteiger partial charge in [0.15, 0.2) is 5.84 Å². The fourth-order valence-electron chi connectivity index (χ4n) is 6.24. The van der Waals surface area contributed by atoms with Gasteiger partial charge in [-0.25, -0.2) is 4.99 Å². The molecule has 0 aliphatic carbocycles. The summed E-state index contributed by atoms with van der Waals surface area (Å²) in [6.07, 6.45) is 0. The third-order valence-electron chi connectivity index (χ3n) is 8.77. The molecule has 0 radical (unpaired) electrons. The van der Waals surface area contributed by atoms with Gasteiger partial charge in [-0.2, -0.15) is 0 Å². The molecule has 0 aliphatic heterocycles. The zero-order chi connectivity index (χ0) is 36.5. The van der Waals surface area contributed by atoms with Crippen LogP contribution in [0.1, 0.15) is 16.7 Å². The van der Waals surface area contributed by atoms with E-state index in [9.17, 15) is 0 Å². The molecule has 9 rings (SSSR count). The molecule has 52 heavy (non-hydrogen) atoms. The number of amidine groups is 1. The lowest BCUT2D eigenvalue weighted by Crippen LogP contribution is -1.92. The van der Waals surface area contributed by atoms with Crippen molar-refractivity contribution in [2.45, 2.75) is 13.8 Å². The smallest absolute Gasteiger partial charge is 0.151 e. The second-order valence-electron chi connectivity index (χ2n) is 12.1. The number of hydrogen-bond donors (Lipinski definition) is 2. The molecule has 2 N–H and O–H groups in total. The first-order valence-electron chi connectivity index (χ1n) is 16.9. The maximum Gasteiger partial charge on any atom is 0.151 e. The van der Waals surface area contributed by atoms with Crippen molar-refractivity contribution in [2.75, 3.05) is 0 Å². The first kappa shape index (κ1) is 35.4. The van der Waals surface area contributed by atoms with E-state index in [1.165, 1.54) is 53.2 Å². The van der Waals surface area contributed by atoms with Crippen molar-refractivity contribution in [3.8, 4) is 22.3 Å². The summed E-state index contributed by atoms with van der Waals surface area (Å²) in [7, 11) is 0. The zero-order valence-corrected chi connectivity index (χ0v) is 30.1. The number of thiophene rings is 1. The van der Waals surface area contributed by atoms with Gasteiger partial charge in [-0.3, -0.25) is 5.41 Å². The molecule has 9 aromatic rings. The molecule has 7 aromatic carbocycles. The van der Waals surface area contributed by atoms with Gasteiger partial charge in [-0.05, 0) is 73.3 Å². The molecule has 0 fully saturated rings. The predicted molar refractivity (Wildman–Crippen MR) is 226 cm³/mol. The molecular weight excluding hydrogens is 655 g/mol. The van der Waals surface area contributed by atoms with Gasteiger partial charge in [-0.15, -0.1) is 11.3 Å². The molecule has 0 saturated heterocycles. The summed E-state index contributed by atoms with van der Waals surface area (Å²) < 4.78 is 8.90. The van der Waals surface area contributed by atoms with Crippen LogP contribution in [0.15, 0.2) is 173 Å². The number of aliphatic imine (C=N–C) groups is 1. The highest BCUT2D eigenvalue weighted by molar-refractivity contribution is 7.25. The first-order valence-corrected chi connectivity index (χ1v) is 17.7. The lowest BCUT2D eigenvalue weighted by Gasteiger charge is -2.02. The Hall–Kier alpha value is -6.43. The van der Waals surface area contributed by atoms with Crippen molar-refractivity contribution < 1.29 is 4.42 Å². The van der Waals surface area contributed by atoms with Crippen LogP contribution in [0.25, 0.3) is 64.4 Å². The average Bonchev–Trinajstić information content (AvgIpc) is 3.78. The van der Waals surface area contributed by atoms with Crippen molar-refractivity contribution >= 4 is 72.7 Å². The van der Waals surface area contributed by atoms with Gasteiger partial charge in [0.2, 0.25) is 0 Å². The lowest BCUT2D eigenvalue weighted by molar-refractivity contribution is 0.669. The highest BCUT2D eigenvalue weighted by Gasteiger charge is 2.11. The molecule has 2 aromatic heterocycles. The van der Waals surface area contributed by atoms with Crippen LogP contribution in [-0.4, -0.2) is 19.3 Å². The third-order valence-corrected chi connectivity index (χ3v) is 9.91. The molecule has 0 unspecified atom stereocenters. The highest BCUT2D eigenvalue weighted by atomic mass is 32.1. The summed E-state index contributed by atoms with van der Waals surface area (Å²) in [6.45, 7) is 10.1. The molecular formula is C47H39N3OS. The Bertz CT molecular complexity index is 2600. The molecule has 4 nitrogen and oxygen atoms in total. The van der Waals surface area contributed by atoms with Gasteiger partial charge in [-0.1, -0.05) is 146 Å². The van der Waals surface area contributed by atoms with E-state index < -0.39 is 0 Å². The zero-order valence-electron chi connectivity index (χ0n) is 29.3. The van der Waals surface area contributed by atoms with Crippen LogP contribution in [0.5, 0.6) is 0 Å². The van der Waals surface area contributed by atoms with E-state index >= 15 is 0 Å². The summed E-state index contributed by atoms with van der Waals surface area (Å²) in [5.74, 6) is 0.208. The van der Waals surface area contributed by atoms with Gasteiger partial charge >= 0.3 is 0 Å². The van der Waals surface area contributed by atoms with Gasteiger partial charge in [0, 0.05) is 42.1 Å². The summed E-state index contributed by atoms with van der Waals surface area (Å²) in [6, 6.07) is 56.1. The van der Waals surface area contributed by atoms with Crippen molar-refractivity contribution in [2.24, 2.45) is 4.99 Å². The Morgan fingerprint density at radius 3 is 1.88 bits per heavy atom. The number of hydrogen-bond acceptors (Lipinski definition) is 4. The van der Waals surface area contributed by atoms with Gasteiger partial charge in [0.05, 0.1) is 0 Å². The third kappa shape index (κ3) is 7.65. The SMILES string of the molecule is C=N.C=NC(=N)c1ccc(-c2ccccc2)cc1.Cc1ccc2c(c1)oc1c(-c3ccccc3)cccc12.Cc1cccc2sc3ccccc3c12. The summed E-state index contributed by atoms with van der Waals surface area (Å²) >= 11 is 1.88. The standard InChI is InChI=1S/C19H14O.C14H12N2.C13H10S.CH3N/c1-13-10-11-16-17-9-5-8-15(14-6-3-2-4-7-14)19(17)20-18(16)12-13;1-16-14(15)13-9-7-12(8-10-13)11-5-3-2-4-6-11;1-9-5-4-8-12-13(9)10-6-2-3-7-11(10)14-12;1-2/h2-12H,1H3;2-10,15H,1H2;2-8H,1H3;2H,1H2. The minimum absolute atomic E-state index is 0.208. The van der Waals surface area contributed by atoms with Crippen molar-refractivity contribution in [3.63, 3.8) is 0 Å². The molecule has 2 heterocycles. The second-order valence-corrected chi connectivity index (χ2v) is 13.2. The summed E-state index contributed by atoms with van der Waals surface area (Å²) in [5.41, 5.74) is 9.97. The largest absolute Gasteiger partial charge is 0.455 e. The Morgan fingerprint density at radius 1 is 0.577 bits per heavy atom. The highest BCUT2D eigenvalue weighted by Crippen LogP contribution is 2.36. The average molecular weight is 694 g/mol. The van der Waals surface area contributed by atoms with Crippen molar-refractivity contribution in [1.29, 1.82) is 10.8 Å². The monoisotopic (exact) mass is 693 g/mol. The molecule has 254 valence electrons. The fourth-order valence-corrected chi connectivity index (χ4v) is 7.43. The van der Waals surface area contributed by atoms with Crippen LogP contribution in [-0.2, 0) is 0 Å². The Labute approximate surface area is 308 Å². The van der Waals surface area contributed by atoms with Crippen molar-refractivity contribution in [3.05, 3.63) is 180 Å². The minimum Gasteiger partial charge on any atom is -0.455 e. The number of fused-ring (bicyclic) bond motifs is 6. The molecule has 0 amide bonds. The second kappa shape index (κ2) is 16.5. The molecule has 0 aliphatic rings. The van der Waals surface area contributed by atoms with E-state index in [0.29, 0.717) is 0 Å². The Morgan fingerprint density at radius 2 is 1.17 bits per heavy atom. The normalized spacial score (nSPS) is 10.4. The number of benzene rings is 7. The number of para-hydroxylation sites is 1. The number of nitrogens with one attached hydrogen (secondary N) is 2. The maximum absolute atomic E-state index is 7.52. The van der Waals surface area contributed by atoms with Gasteiger partial charge < -0.3 is 9.83 Å². The quantitative estimate of drug-likeness (QED) is 0.140. The van der Waals surface area contributed by atoms with Crippen LogP contribution in [0.4, 0.5) is 0 Å². The van der Waals surface area contributed by atoms with Gasteiger partial charge in [0.25, 0.3) is 0 Å². The van der Waals surface area contributed by atoms with E-state index in [4.69, 9.17) is 15.2 Å². The molecule has 0 bridgehead atoms. The number of furan rings is 1. The topological polar surface area (TPSA) is 73.2 Å². The molecule has 0 saturated carbocycles. The lowest BCUT2D eigenvalue weighted by atomic mass is 10.0. The summed E-state index contributed by atoms with van der Waals surface area (Å²) in [5, 5.41) is 18.2. The summed E-state index contributed by atoms with van der Waals surface area (Å²) in [4.78, 5) is 3.59. The Kier molecular flexibility index (Phi) is 11.2. The van der Waals surface area contributed by atoms with Crippen LogP contribution in [0, 0.1) is 24.7 Å². The van der Waals surface area contributed by atoms with Crippen LogP contribution in [0.3, 0.4) is 0 Å². The van der Waals surface area contributed by atoms with E-state index in [0.717, 1.165) is 27.9 Å². The minimum atomic E-state index is 0.208. The van der Waals surface area contributed by atoms with Crippen molar-refractivity contribution in [1.82, 2.24) is 0 Å². The van der Waals surface area contributed by atoms with Crippen LogP contribution in [0.2, 0.25) is 0 Å². The van der Waals surface area contributed by atoms with Gasteiger partial charge in [0.1, 0.15) is 11.2 Å². The molecule has 0 atom stereocenters. The Balaban J connectivity index is 0.000000133. The van der Waals surface area contributed by atoms with Crippen LogP contribution < -0.4 is 0 Å². The molecule has 0 spiro atoms. The van der Waals surface area contributed by atoms with E-state index in [2.05, 4.69) is 148 Å². The first-order chi connectivity index (χ1) is 25.5. The van der Waals surface area contributed by atoms with E-state index in [1.807, 2.05) is 59.9 Å². The number of rotatable bonds is 3. The van der Waals surface area contributed by atoms with E-state index in [1.54, 1.807) is 0 Å². The number of nitrogens with zero attached hydrogens (tertiary/aromatic N) is 1. The van der Waals surface area contributed by atoms with E-state index in [-0.39, 0.29) is 5.84 Å². The van der Waals surface area contributed by atoms with Crippen LogP contribution >= 0.6 is 11.3 Å².